The number of hydrogen-bond donors (Lipinski definition) is 1. The van der Waals surface area contributed by atoms with Crippen LogP contribution in [-0.4, -0.2) is 53.2 Å². The molecule has 1 N–H and O–H groups in total. The van der Waals surface area contributed by atoms with Gasteiger partial charge >= 0.3 is 0 Å². The molecule has 1 aliphatic heterocycles. The van der Waals surface area contributed by atoms with Crippen LogP contribution < -0.4 is 0 Å². The van der Waals surface area contributed by atoms with Crippen LogP contribution in [0.3, 0.4) is 0 Å². The summed E-state index contributed by atoms with van der Waals surface area (Å²) in [6.45, 7) is 7.93. The number of carbonyl (C=O) groups is 1. The minimum Gasteiger partial charge on any atom is -0.379 e. The lowest BCUT2D eigenvalue weighted by Crippen LogP contribution is -2.51. The zero-order chi connectivity index (χ0) is 15.6. The smallest absolute Gasteiger partial charge is 0.254 e. The molecule has 0 spiro atoms. The van der Waals surface area contributed by atoms with Crippen LogP contribution in [0.25, 0.3) is 5.57 Å². The largest absolute Gasteiger partial charge is 0.379 e. The van der Waals surface area contributed by atoms with E-state index in [-0.39, 0.29) is 10.9 Å². The van der Waals surface area contributed by atoms with Crippen LogP contribution in [0.15, 0.2) is 18.7 Å². The molecule has 4 nitrogen and oxygen atoms in total. The summed E-state index contributed by atoms with van der Waals surface area (Å²) in [7, 11) is 0. The molecule has 113 valence electrons. The average molecular weight is 328 g/mol. The first-order chi connectivity index (χ1) is 9.91. The first-order valence-electron chi connectivity index (χ1n) is 6.68. The van der Waals surface area contributed by atoms with Gasteiger partial charge in [-0.3, -0.25) is 9.69 Å². The van der Waals surface area contributed by atoms with Crippen LogP contribution in [-0.2, 0) is 4.79 Å². The van der Waals surface area contributed by atoms with Gasteiger partial charge in [-0.05, 0) is 6.92 Å². The molecular weight excluding hydrogens is 311 g/mol. The molecule has 1 unspecified atom stereocenters. The lowest BCUT2D eigenvalue weighted by molar-refractivity contribution is -0.128. The summed E-state index contributed by atoms with van der Waals surface area (Å²) in [6, 6.07) is 6.06. The van der Waals surface area contributed by atoms with E-state index in [1.807, 2.05) is 4.90 Å². The van der Waals surface area contributed by atoms with E-state index in [9.17, 15) is 9.90 Å². The second-order valence-electron chi connectivity index (χ2n) is 4.96. The summed E-state index contributed by atoms with van der Waals surface area (Å²) in [5.41, 5.74) is 0.852. The number of carbonyl (C=O) groups excluding carboxylic acids is 1. The molecule has 1 radical (unpaired) electrons. The SMILES string of the molecule is C=C(C(=O)N1CCN(C(C)O)CC1)c1cc[c]c(Cl)c1Cl. The zero-order valence-corrected chi connectivity index (χ0v) is 13.3. The molecule has 0 saturated carbocycles. The van der Waals surface area contributed by atoms with Crippen LogP contribution in [0.1, 0.15) is 12.5 Å². The van der Waals surface area contributed by atoms with E-state index in [2.05, 4.69) is 12.6 Å². The quantitative estimate of drug-likeness (QED) is 0.866. The number of halogens is 2. The number of piperazine rings is 1. The van der Waals surface area contributed by atoms with E-state index in [0.717, 1.165) is 0 Å². The standard InChI is InChI=1S/C15H17Cl2N2O2/c1-10(12-4-3-5-13(16)14(12)17)15(21)19-8-6-18(7-9-19)11(2)20/h3-4,11,20H,1,6-9H2,2H3. The van der Waals surface area contributed by atoms with Crippen molar-refractivity contribution in [1.82, 2.24) is 9.80 Å². The van der Waals surface area contributed by atoms with Gasteiger partial charge in [-0.2, -0.15) is 0 Å². The highest BCUT2D eigenvalue weighted by molar-refractivity contribution is 6.44. The fourth-order valence-corrected chi connectivity index (χ4v) is 2.69. The van der Waals surface area contributed by atoms with Gasteiger partial charge in [0.15, 0.2) is 0 Å². The van der Waals surface area contributed by atoms with Crippen molar-refractivity contribution in [3.63, 3.8) is 0 Å². The molecule has 0 bridgehead atoms. The van der Waals surface area contributed by atoms with Gasteiger partial charge in [0.1, 0.15) is 6.23 Å². The van der Waals surface area contributed by atoms with Crippen molar-refractivity contribution < 1.29 is 9.90 Å². The highest BCUT2D eigenvalue weighted by atomic mass is 35.5. The van der Waals surface area contributed by atoms with Crippen molar-refractivity contribution in [2.75, 3.05) is 26.2 Å². The molecule has 21 heavy (non-hydrogen) atoms. The summed E-state index contributed by atoms with van der Waals surface area (Å²) < 4.78 is 0. The normalized spacial score (nSPS) is 17.6. The average Bonchev–Trinajstić information content (AvgIpc) is 2.48. The molecule has 1 amide bonds. The topological polar surface area (TPSA) is 43.8 Å². The van der Waals surface area contributed by atoms with Gasteiger partial charge in [0.25, 0.3) is 5.91 Å². The Labute approximate surface area is 134 Å². The van der Waals surface area contributed by atoms with Gasteiger partial charge in [-0.25, -0.2) is 0 Å². The summed E-state index contributed by atoms with van der Waals surface area (Å²) in [5, 5.41) is 10.1. The molecule has 2 rings (SSSR count). The van der Waals surface area contributed by atoms with Crippen molar-refractivity contribution in [2.24, 2.45) is 0 Å². The molecule has 0 aromatic heterocycles. The second kappa shape index (κ2) is 6.79. The molecular formula is C15H17Cl2N2O2. The molecule has 1 aromatic rings. The Morgan fingerprint density at radius 3 is 2.57 bits per heavy atom. The summed E-state index contributed by atoms with van der Waals surface area (Å²) in [4.78, 5) is 16.1. The Bertz CT molecular complexity index is 553. The van der Waals surface area contributed by atoms with E-state index in [0.29, 0.717) is 42.3 Å². The minimum absolute atomic E-state index is 0.163. The first kappa shape index (κ1) is 16.3. The Morgan fingerprint density at radius 1 is 1.38 bits per heavy atom. The van der Waals surface area contributed by atoms with E-state index in [1.165, 1.54) is 0 Å². The van der Waals surface area contributed by atoms with Crippen LogP contribution in [0.5, 0.6) is 0 Å². The Balaban J connectivity index is 2.07. The van der Waals surface area contributed by atoms with Crippen LogP contribution in [0.2, 0.25) is 10.0 Å². The van der Waals surface area contributed by atoms with Crippen molar-refractivity contribution >= 4 is 34.7 Å². The van der Waals surface area contributed by atoms with Crippen molar-refractivity contribution in [3.05, 3.63) is 40.4 Å². The first-order valence-corrected chi connectivity index (χ1v) is 7.43. The third-order valence-electron chi connectivity index (χ3n) is 3.60. The fourth-order valence-electron chi connectivity index (χ4n) is 2.29. The van der Waals surface area contributed by atoms with Crippen molar-refractivity contribution in [1.29, 1.82) is 0 Å². The van der Waals surface area contributed by atoms with Crippen LogP contribution >= 0.6 is 23.2 Å². The highest BCUT2D eigenvalue weighted by Gasteiger charge is 2.25. The minimum atomic E-state index is -0.497. The third kappa shape index (κ3) is 3.58. The number of aliphatic hydroxyl groups is 1. The molecule has 1 fully saturated rings. The lowest BCUT2D eigenvalue weighted by Gasteiger charge is -2.36. The number of hydrogen-bond acceptors (Lipinski definition) is 3. The van der Waals surface area contributed by atoms with Gasteiger partial charge in [-0.15, -0.1) is 0 Å². The number of nitrogens with zero attached hydrogens (tertiary/aromatic N) is 2. The van der Waals surface area contributed by atoms with E-state index in [1.54, 1.807) is 24.0 Å². The summed E-state index contributed by atoms with van der Waals surface area (Å²) in [6.07, 6.45) is -0.497. The Hall–Kier alpha value is -1.07. The third-order valence-corrected chi connectivity index (χ3v) is 4.39. The van der Waals surface area contributed by atoms with Gasteiger partial charge in [-0.1, -0.05) is 41.9 Å². The fraction of sp³-hybridized carbons (Fsp3) is 0.400. The van der Waals surface area contributed by atoms with Gasteiger partial charge in [0.05, 0.1) is 10.0 Å². The molecule has 1 atom stereocenters. The predicted octanol–water partition coefficient (Wildman–Crippen LogP) is 2.29. The summed E-state index contributed by atoms with van der Waals surface area (Å²) >= 11 is 12.0. The van der Waals surface area contributed by atoms with E-state index < -0.39 is 6.23 Å². The Morgan fingerprint density at radius 2 is 2.00 bits per heavy atom. The maximum atomic E-state index is 12.5. The number of amides is 1. The predicted molar refractivity (Wildman–Crippen MR) is 84.2 cm³/mol. The van der Waals surface area contributed by atoms with E-state index in [4.69, 9.17) is 23.2 Å². The Kier molecular flexibility index (Phi) is 5.27. The van der Waals surface area contributed by atoms with Crippen LogP contribution in [0.4, 0.5) is 0 Å². The van der Waals surface area contributed by atoms with Gasteiger partial charge < -0.3 is 10.0 Å². The monoisotopic (exact) mass is 327 g/mol. The second-order valence-corrected chi connectivity index (χ2v) is 5.71. The van der Waals surface area contributed by atoms with Crippen LogP contribution in [0, 0.1) is 6.07 Å². The molecule has 1 saturated heterocycles. The summed E-state index contributed by atoms with van der Waals surface area (Å²) in [5.74, 6) is -0.163. The molecule has 1 heterocycles. The maximum absolute atomic E-state index is 12.5. The number of benzene rings is 1. The van der Waals surface area contributed by atoms with Crippen molar-refractivity contribution in [3.8, 4) is 0 Å². The maximum Gasteiger partial charge on any atom is 0.254 e. The van der Waals surface area contributed by atoms with Gasteiger partial charge in [0.2, 0.25) is 0 Å². The molecule has 1 aliphatic rings. The van der Waals surface area contributed by atoms with Gasteiger partial charge in [0, 0.05) is 43.4 Å². The lowest BCUT2D eigenvalue weighted by atomic mass is 10.1. The van der Waals surface area contributed by atoms with E-state index >= 15 is 0 Å². The molecule has 0 aliphatic carbocycles. The zero-order valence-electron chi connectivity index (χ0n) is 11.8. The molecule has 6 heteroatoms. The van der Waals surface area contributed by atoms with Crippen molar-refractivity contribution in [2.45, 2.75) is 13.2 Å². The molecule has 1 aromatic carbocycles. The highest BCUT2D eigenvalue weighted by Crippen LogP contribution is 2.30. The number of rotatable bonds is 3. The number of aliphatic hydroxyl groups excluding tert-OH is 1.